The molecule has 1 N–H and O–H groups in total. The Morgan fingerprint density at radius 3 is 2.83 bits per heavy atom. The zero-order valence-corrected chi connectivity index (χ0v) is 14.0. The third-order valence-electron chi connectivity index (χ3n) is 4.02. The number of benzene rings is 1. The lowest BCUT2D eigenvalue weighted by molar-refractivity contribution is -0.135. The van der Waals surface area contributed by atoms with Gasteiger partial charge in [-0.3, -0.25) is 9.48 Å². The molecule has 0 aliphatic carbocycles. The van der Waals surface area contributed by atoms with Crippen LogP contribution < -0.4 is 10.1 Å². The number of nitrogens with one attached hydrogen (secondary N) is 1. The molecule has 6 heteroatoms. The third kappa shape index (κ3) is 3.67. The van der Waals surface area contributed by atoms with Crippen LogP contribution in [0, 0.1) is 0 Å². The van der Waals surface area contributed by atoms with E-state index in [1.807, 2.05) is 10.7 Å². The second kappa shape index (κ2) is 6.24. The third-order valence-corrected chi connectivity index (χ3v) is 4.27. The number of carbonyl (C=O) groups is 1. The molecule has 122 valence electrons. The summed E-state index contributed by atoms with van der Waals surface area (Å²) in [6, 6.07) is 9.11. The predicted octanol–water partition coefficient (Wildman–Crippen LogP) is 2.83. The summed E-state index contributed by atoms with van der Waals surface area (Å²) in [6.45, 7) is 4.36. The summed E-state index contributed by atoms with van der Waals surface area (Å²) in [5.41, 5.74) is 0.198. The highest BCUT2D eigenvalue weighted by Crippen LogP contribution is 2.22. The monoisotopic (exact) mass is 333 g/mol. The molecule has 23 heavy (non-hydrogen) atoms. The first-order valence-electron chi connectivity index (χ1n) is 7.70. The van der Waals surface area contributed by atoms with E-state index in [1.54, 1.807) is 44.3 Å². The number of fused-ring (bicyclic) bond motifs is 1. The quantitative estimate of drug-likeness (QED) is 0.936. The van der Waals surface area contributed by atoms with Gasteiger partial charge in [0.1, 0.15) is 5.75 Å². The van der Waals surface area contributed by atoms with Crippen molar-refractivity contribution in [3.05, 3.63) is 47.2 Å². The highest BCUT2D eigenvalue weighted by atomic mass is 35.5. The number of halogens is 1. The molecule has 2 aromatic rings. The second-order valence-electron chi connectivity index (χ2n) is 6.28. The molecular formula is C17H20ClN3O2. The Hall–Kier alpha value is -2.01. The minimum atomic E-state index is -0.953. The lowest BCUT2D eigenvalue weighted by atomic mass is 10.0. The molecule has 1 aromatic carbocycles. The van der Waals surface area contributed by atoms with Crippen LogP contribution in [0.5, 0.6) is 5.75 Å². The van der Waals surface area contributed by atoms with Crippen LogP contribution in [0.15, 0.2) is 36.5 Å². The van der Waals surface area contributed by atoms with Gasteiger partial charge in [0.05, 0.1) is 0 Å². The minimum absolute atomic E-state index is 0.111. The molecule has 1 amide bonds. The predicted molar refractivity (Wildman–Crippen MR) is 88.6 cm³/mol. The Bertz CT molecular complexity index is 694. The average molecular weight is 334 g/mol. The van der Waals surface area contributed by atoms with Crippen LogP contribution in [0.2, 0.25) is 5.02 Å². The summed E-state index contributed by atoms with van der Waals surface area (Å²) in [5.74, 6) is 0.502. The van der Waals surface area contributed by atoms with Crippen LogP contribution >= 0.6 is 11.6 Å². The number of hydrogen-bond donors (Lipinski definition) is 1. The summed E-state index contributed by atoms with van der Waals surface area (Å²) in [6.07, 6.45) is 3.47. The van der Waals surface area contributed by atoms with Crippen LogP contribution in [0.1, 0.15) is 26.0 Å². The molecule has 0 fully saturated rings. The lowest BCUT2D eigenvalue weighted by Gasteiger charge is -2.30. The number of amides is 1. The normalized spacial score (nSPS) is 17.4. The van der Waals surface area contributed by atoms with Gasteiger partial charge < -0.3 is 10.1 Å². The number of aromatic nitrogens is 2. The van der Waals surface area contributed by atoms with E-state index in [0.29, 0.717) is 10.8 Å². The van der Waals surface area contributed by atoms with Gasteiger partial charge in [0.2, 0.25) is 0 Å². The van der Waals surface area contributed by atoms with Crippen LogP contribution in [-0.2, 0) is 17.8 Å². The molecule has 1 aliphatic heterocycles. The summed E-state index contributed by atoms with van der Waals surface area (Å²) in [5, 5.41) is 7.98. The van der Waals surface area contributed by atoms with E-state index in [9.17, 15) is 4.79 Å². The van der Waals surface area contributed by atoms with E-state index in [4.69, 9.17) is 16.3 Å². The summed E-state index contributed by atoms with van der Waals surface area (Å²) < 4.78 is 7.81. The smallest absolute Gasteiger partial charge is 0.263 e. The molecule has 1 atom stereocenters. The van der Waals surface area contributed by atoms with Gasteiger partial charge in [0.25, 0.3) is 5.91 Å². The average Bonchev–Trinajstić information content (AvgIpc) is 2.97. The van der Waals surface area contributed by atoms with Gasteiger partial charge in [-0.2, -0.15) is 5.10 Å². The van der Waals surface area contributed by atoms with Crippen molar-refractivity contribution in [2.45, 2.75) is 44.9 Å². The van der Waals surface area contributed by atoms with Crippen molar-refractivity contribution in [1.82, 2.24) is 15.1 Å². The van der Waals surface area contributed by atoms with E-state index < -0.39 is 5.60 Å². The first kappa shape index (κ1) is 15.9. The van der Waals surface area contributed by atoms with Crippen LogP contribution in [0.4, 0.5) is 0 Å². The molecule has 2 heterocycles. The van der Waals surface area contributed by atoms with Gasteiger partial charge in [-0.25, -0.2) is 0 Å². The van der Waals surface area contributed by atoms with Crippen LogP contribution in [0.25, 0.3) is 0 Å². The maximum absolute atomic E-state index is 12.6. The molecule has 0 unspecified atom stereocenters. The zero-order valence-electron chi connectivity index (χ0n) is 13.3. The van der Waals surface area contributed by atoms with Crippen molar-refractivity contribution in [3.8, 4) is 5.75 Å². The largest absolute Gasteiger partial charge is 0.478 e. The highest BCUT2D eigenvalue weighted by Gasteiger charge is 2.32. The Labute approximate surface area is 140 Å². The molecule has 5 nitrogen and oxygen atoms in total. The molecule has 0 saturated carbocycles. The van der Waals surface area contributed by atoms with Crippen molar-refractivity contribution in [2.24, 2.45) is 0 Å². The Morgan fingerprint density at radius 1 is 1.35 bits per heavy atom. The van der Waals surface area contributed by atoms with Crippen LogP contribution in [0.3, 0.4) is 0 Å². The van der Waals surface area contributed by atoms with Gasteiger partial charge in [-0.15, -0.1) is 0 Å². The first-order valence-corrected chi connectivity index (χ1v) is 8.08. The van der Waals surface area contributed by atoms with E-state index in [-0.39, 0.29) is 11.9 Å². The number of carbonyl (C=O) groups excluding carboxylic acids is 1. The van der Waals surface area contributed by atoms with Gasteiger partial charge in [-0.1, -0.05) is 11.6 Å². The minimum Gasteiger partial charge on any atom is -0.478 e. The van der Waals surface area contributed by atoms with Crippen molar-refractivity contribution < 1.29 is 9.53 Å². The number of hydrogen-bond acceptors (Lipinski definition) is 3. The second-order valence-corrected chi connectivity index (χ2v) is 6.71. The Kier molecular flexibility index (Phi) is 4.31. The van der Waals surface area contributed by atoms with E-state index in [0.717, 1.165) is 25.1 Å². The maximum Gasteiger partial charge on any atom is 0.263 e. The molecule has 1 aliphatic rings. The van der Waals surface area contributed by atoms with Crippen molar-refractivity contribution in [1.29, 1.82) is 0 Å². The molecule has 0 radical (unpaired) electrons. The summed E-state index contributed by atoms with van der Waals surface area (Å²) >= 11 is 5.86. The highest BCUT2D eigenvalue weighted by molar-refractivity contribution is 6.30. The molecular weight excluding hydrogens is 314 g/mol. The molecule has 1 aromatic heterocycles. The van der Waals surface area contributed by atoms with E-state index in [1.165, 1.54) is 0 Å². The van der Waals surface area contributed by atoms with E-state index >= 15 is 0 Å². The van der Waals surface area contributed by atoms with Gasteiger partial charge in [0, 0.05) is 35.9 Å². The fraction of sp³-hybridized carbons (Fsp3) is 0.412. The van der Waals surface area contributed by atoms with Gasteiger partial charge >= 0.3 is 0 Å². The summed E-state index contributed by atoms with van der Waals surface area (Å²) in [7, 11) is 0. The lowest BCUT2D eigenvalue weighted by Crippen LogP contribution is -2.51. The Morgan fingerprint density at radius 2 is 2.09 bits per heavy atom. The molecule has 3 rings (SSSR count). The molecule has 0 spiro atoms. The molecule has 0 saturated heterocycles. The summed E-state index contributed by atoms with van der Waals surface area (Å²) in [4.78, 5) is 12.6. The molecule has 0 bridgehead atoms. The number of nitrogens with zero attached hydrogens (tertiary/aromatic N) is 2. The Balaban J connectivity index is 1.61. The van der Waals surface area contributed by atoms with Crippen molar-refractivity contribution >= 4 is 17.5 Å². The SMILES string of the molecule is CC(C)(Oc1ccc(Cl)cc1)C(=O)N[C@@H]1CCn2nccc2C1. The fourth-order valence-corrected chi connectivity index (χ4v) is 2.82. The van der Waals surface area contributed by atoms with Gasteiger partial charge in [-0.05, 0) is 50.6 Å². The van der Waals surface area contributed by atoms with Crippen molar-refractivity contribution in [2.75, 3.05) is 0 Å². The number of ether oxygens (including phenoxy) is 1. The van der Waals surface area contributed by atoms with Gasteiger partial charge in [0.15, 0.2) is 5.60 Å². The van der Waals surface area contributed by atoms with Crippen LogP contribution in [-0.4, -0.2) is 27.3 Å². The number of aryl methyl sites for hydroxylation is 1. The standard InChI is InChI=1S/C17H20ClN3O2/c1-17(2,23-15-5-3-12(18)4-6-15)16(22)20-13-8-10-21-14(11-13)7-9-19-21/h3-7,9,13H,8,10-11H2,1-2H3,(H,20,22)/t13-/m1/s1. The zero-order chi connectivity index (χ0) is 16.4. The van der Waals surface area contributed by atoms with Crippen molar-refractivity contribution in [3.63, 3.8) is 0 Å². The first-order chi connectivity index (χ1) is 10.9. The topological polar surface area (TPSA) is 56.1 Å². The van der Waals surface area contributed by atoms with E-state index in [2.05, 4.69) is 10.4 Å². The maximum atomic E-state index is 12.6. The fourth-order valence-electron chi connectivity index (χ4n) is 2.69. The number of rotatable bonds is 4.